The first-order valence-corrected chi connectivity index (χ1v) is 6.62. The van der Waals surface area contributed by atoms with E-state index in [2.05, 4.69) is 28.4 Å². The molecule has 2 aromatic rings. The third-order valence-corrected chi connectivity index (χ3v) is 3.33. The van der Waals surface area contributed by atoms with Crippen LogP contribution < -0.4 is 5.32 Å². The molecule has 2 aromatic heterocycles. The van der Waals surface area contributed by atoms with Crippen molar-refractivity contribution in [1.29, 1.82) is 0 Å². The van der Waals surface area contributed by atoms with Gasteiger partial charge in [0.05, 0.1) is 5.69 Å². The summed E-state index contributed by atoms with van der Waals surface area (Å²) in [5.41, 5.74) is 3.15. The molecular weight excluding hydrogens is 240 g/mol. The van der Waals surface area contributed by atoms with Gasteiger partial charge in [-0.3, -0.25) is 4.68 Å². The average molecular weight is 262 g/mol. The van der Waals surface area contributed by atoms with Crippen molar-refractivity contribution in [3.8, 4) is 0 Å². The maximum absolute atomic E-state index is 5.08. The van der Waals surface area contributed by atoms with Crippen LogP contribution in [0, 0.1) is 6.92 Å². The molecule has 2 heterocycles. The number of fused-ring (bicyclic) bond motifs is 1. The maximum atomic E-state index is 5.08. The van der Waals surface area contributed by atoms with E-state index in [0.29, 0.717) is 6.04 Å². The lowest BCUT2D eigenvalue weighted by atomic mass is 10.2. The minimum Gasteiger partial charge on any atom is -0.385 e. The molecule has 0 saturated carbocycles. The molecular formula is C14H22N4O. The lowest BCUT2D eigenvalue weighted by Crippen LogP contribution is -2.26. The van der Waals surface area contributed by atoms with Gasteiger partial charge < -0.3 is 10.1 Å². The fraction of sp³-hybridized carbons (Fsp3) is 0.571. The van der Waals surface area contributed by atoms with Crippen molar-refractivity contribution in [3.63, 3.8) is 0 Å². The van der Waals surface area contributed by atoms with Gasteiger partial charge in [-0.05, 0) is 31.9 Å². The Morgan fingerprint density at radius 3 is 3.00 bits per heavy atom. The van der Waals surface area contributed by atoms with E-state index in [-0.39, 0.29) is 0 Å². The summed E-state index contributed by atoms with van der Waals surface area (Å²) in [6.07, 6.45) is 2.93. The first-order valence-electron chi connectivity index (χ1n) is 6.62. The first-order chi connectivity index (χ1) is 9.11. The lowest BCUT2D eigenvalue weighted by Gasteiger charge is -2.13. The molecule has 5 nitrogen and oxygen atoms in total. The number of aromatic nitrogens is 3. The molecule has 0 bridgehead atoms. The van der Waals surface area contributed by atoms with Gasteiger partial charge >= 0.3 is 0 Å². The van der Waals surface area contributed by atoms with Crippen molar-refractivity contribution in [1.82, 2.24) is 20.1 Å². The molecule has 0 aliphatic heterocycles. The summed E-state index contributed by atoms with van der Waals surface area (Å²) in [5.74, 6) is 0. The zero-order valence-electron chi connectivity index (χ0n) is 12.1. The van der Waals surface area contributed by atoms with E-state index in [1.54, 1.807) is 7.11 Å². The molecule has 1 N–H and O–H groups in total. The van der Waals surface area contributed by atoms with Crippen molar-refractivity contribution in [2.24, 2.45) is 7.05 Å². The van der Waals surface area contributed by atoms with Crippen LogP contribution in [0.4, 0.5) is 0 Å². The minimum absolute atomic E-state index is 0.436. The standard InChI is InChI=1S/C14H22N4O/c1-10(5-6-19-4)15-8-12-7-13-11(2)17-18(3)14(13)16-9-12/h7,9-10,15H,5-6,8H2,1-4H3. The van der Waals surface area contributed by atoms with Crippen LogP contribution in [-0.2, 0) is 18.3 Å². The topological polar surface area (TPSA) is 52.0 Å². The molecule has 0 aliphatic rings. The smallest absolute Gasteiger partial charge is 0.157 e. The monoisotopic (exact) mass is 262 g/mol. The molecule has 2 rings (SSSR count). The Kier molecular flexibility index (Phi) is 4.50. The van der Waals surface area contributed by atoms with Crippen LogP contribution in [0.25, 0.3) is 11.0 Å². The molecule has 1 atom stereocenters. The number of nitrogens with zero attached hydrogens (tertiary/aromatic N) is 3. The average Bonchev–Trinajstić information content (AvgIpc) is 2.69. The molecule has 0 spiro atoms. The molecule has 0 fully saturated rings. The predicted octanol–water partition coefficient (Wildman–Crippen LogP) is 1.79. The Morgan fingerprint density at radius 1 is 1.47 bits per heavy atom. The Bertz CT molecular complexity index is 550. The number of pyridine rings is 1. The SMILES string of the molecule is COCCC(C)NCc1cnc2c(c1)c(C)nn2C. The number of hydrogen-bond donors (Lipinski definition) is 1. The zero-order chi connectivity index (χ0) is 13.8. The van der Waals surface area contributed by atoms with Crippen molar-refractivity contribution in [3.05, 3.63) is 23.5 Å². The molecule has 19 heavy (non-hydrogen) atoms. The molecule has 0 radical (unpaired) electrons. The van der Waals surface area contributed by atoms with Gasteiger partial charge in [0.1, 0.15) is 0 Å². The Labute approximate surface area is 114 Å². The second-order valence-corrected chi connectivity index (χ2v) is 4.99. The lowest BCUT2D eigenvalue weighted by molar-refractivity contribution is 0.184. The number of ether oxygens (including phenoxy) is 1. The molecule has 0 aromatic carbocycles. The van der Waals surface area contributed by atoms with Crippen LogP contribution in [0.1, 0.15) is 24.6 Å². The van der Waals surface area contributed by atoms with E-state index in [1.807, 2.05) is 24.9 Å². The van der Waals surface area contributed by atoms with Gasteiger partial charge in [-0.15, -0.1) is 0 Å². The van der Waals surface area contributed by atoms with Crippen LogP contribution >= 0.6 is 0 Å². The van der Waals surface area contributed by atoms with Crippen LogP contribution in [0.5, 0.6) is 0 Å². The van der Waals surface area contributed by atoms with Gasteiger partial charge in [0.15, 0.2) is 5.65 Å². The van der Waals surface area contributed by atoms with Crippen LogP contribution in [0.2, 0.25) is 0 Å². The number of hydrogen-bond acceptors (Lipinski definition) is 4. The van der Waals surface area contributed by atoms with Gasteiger partial charge in [-0.1, -0.05) is 0 Å². The fourth-order valence-electron chi connectivity index (χ4n) is 2.14. The van der Waals surface area contributed by atoms with Gasteiger partial charge in [-0.2, -0.15) is 5.10 Å². The van der Waals surface area contributed by atoms with Crippen LogP contribution in [0.15, 0.2) is 12.3 Å². The molecule has 0 amide bonds. The van der Waals surface area contributed by atoms with Gasteiger partial charge in [0.25, 0.3) is 0 Å². The highest BCUT2D eigenvalue weighted by molar-refractivity contribution is 5.78. The third kappa shape index (κ3) is 3.30. The Balaban J connectivity index is 2.03. The van der Waals surface area contributed by atoms with Crippen molar-refractivity contribution in [2.45, 2.75) is 32.9 Å². The molecule has 0 saturated heterocycles. The molecule has 5 heteroatoms. The summed E-state index contributed by atoms with van der Waals surface area (Å²) >= 11 is 0. The Hall–Kier alpha value is -1.46. The van der Waals surface area contributed by atoms with E-state index in [0.717, 1.165) is 36.3 Å². The summed E-state index contributed by atoms with van der Waals surface area (Å²) in [6, 6.07) is 2.60. The first kappa shape index (κ1) is 14.0. The second-order valence-electron chi connectivity index (χ2n) is 4.99. The molecule has 1 unspecified atom stereocenters. The fourth-order valence-corrected chi connectivity index (χ4v) is 2.14. The summed E-state index contributed by atoms with van der Waals surface area (Å²) in [5, 5.41) is 8.99. The van der Waals surface area contributed by atoms with Crippen LogP contribution in [0.3, 0.4) is 0 Å². The predicted molar refractivity (Wildman–Crippen MR) is 76.0 cm³/mol. The van der Waals surface area contributed by atoms with Crippen LogP contribution in [-0.4, -0.2) is 34.5 Å². The van der Waals surface area contributed by atoms with E-state index in [1.165, 1.54) is 5.56 Å². The highest BCUT2D eigenvalue weighted by Crippen LogP contribution is 2.16. The maximum Gasteiger partial charge on any atom is 0.157 e. The summed E-state index contributed by atoms with van der Waals surface area (Å²) in [4.78, 5) is 4.48. The summed E-state index contributed by atoms with van der Waals surface area (Å²) < 4.78 is 6.90. The van der Waals surface area contributed by atoms with E-state index in [4.69, 9.17) is 4.74 Å². The van der Waals surface area contributed by atoms with E-state index < -0.39 is 0 Å². The number of aryl methyl sites for hydroxylation is 2. The summed E-state index contributed by atoms with van der Waals surface area (Å²) in [6.45, 7) is 5.79. The largest absolute Gasteiger partial charge is 0.385 e. The van der Waals surface area contributed by atoms with E-state index in [9.17, 15) is 0 Å². The zero-order valence-corrected chi connectivity index (χ0v) is 12.1. The minimum atomic E-state index is 0.436. The van der Waals surface area contributed by atoms with Gasteiger partial charge in [0, 0.05) is 44.9 Å². The molecule has 104 valence electrons. The number of methoxy groups -OCH3 is 1. The van der Waals surface area contributed by atoms with Gasteiger partial charge in [-0.25, -0.2) is 4.98 Å². The van der Waals surface area contributed by atoms with Crippen molar-refractivity contribution in [2.75, 3.05) is 13.7 Å². The number of nitrogens with one attached hydrogen (secondary N) is 1. The Morgan fingerprint density at radius 2 is 2.26 bits per heavy atom. The molecule has 0 aliphatic carbocycles. The highest BCUT2D eigenvalue weighted by atomic mass is 16.5. The number of rotatable bonds is 6. The van der Waals surface area contributed by atoms with Crippen molar-refractivity contribution < 1.29 is 4.74 Å². The van der Waals surface area contributed by atoms with Crippen molar-refractivity contribution >= 4 is 11.0 Å². The third-order valence-electron chi connectivity index (χ3n) is 3.33. The normalized spacial score (nSPS) is 13.1. The van der Waals surface area contributed by atoms with Gasteiger partial charge in [0.2, 0.25) is 0 Å². The second kappa shape index (κ2) is 6.12. The van der Waals surface area contributed by atoms with E-state index >= 15 is 0 Å². The highest BCUT2D eigenvalue weighted by Gasteiger charge is 2.07. The summed E-state index contributed by atoms with van der Waals surface area (Å²) in [7, 11) is 3.66. The quantitative estimate of drug-likeness (QED) is 0.862.